The first-order valence-corrected chi connectivity index (χ1v) is 14.0. The van der Waals surface area contributed by atoms with Crippen LogP contribution in [0.1, 0.15) is 53.9 Å². The standard InChI is InChI=1S/C25H27N3O5S2/c1-35(31,32)18-12-10-17(11-13-18)20(14-16-6-2-3-7-16)24(30)28-25-27-15-22(34-25)33-21-9-5-4-8-19(21)23(26)29/h4-5,8-13,15-16,20H,2-3,6-7,14H2,1H3,(H2,26,29)(H,27,28,30)/t20-/m1/s1. The number of anilines is 1. The average Bonchev–Trinajstić information content (AvgIpc) is 3.49. The maximum absolute atomic E-state index is 13.3. The topological polar surface area (TPSA) is 128 Å². The zero-order chi connectivity index (χ0) is 25.0. The first-order valence-electron chi connectivity index (χ1n) is 11.3. The van der Waals surface area contributed by atoms with Crippen molar-refractivity contribution in [2.75, 3.05) is 11.6 Å². The molecule has 1 aliphatic carbocycles. The third kappa shape index (κ3) is 6.26. The highest BCUT2D eigenvalue weighted by molar-refractivity contribution is 7.90. The van der Waals surface area contributed by atoms with Crippen LogP contribution in [0.25, 0.3) is 0 Å². The van der Waals surface area contributed by atoms with Crippen LogP contribution in [-0.2, 0) is 14.6 Å². The normalized spacial score (nSPS) is 15.0. The van der Waals surface area contributed by atoms with E-state index in [1.54, 1.807) is 48.5 Å². The third-order valence-corrected chi connectivity index (χ3v) is 8.07. The minimum Gasteiger partial charge on any atom is -0.444 e. The zero-order valence-corrected chi connectivity index (χ0v) is 20.9. The van der Waals surface area contributed by atoms with Gasteiger partial charge in [0, 0.05) is 6.26 Å². The molecule has 2 aromatic carbocycles. The molecule has 1 heterocycles. The molecule has 2 amide bonds. The van der Waals surface area contributed by atoms with Gasteiger partial charge in [-0.05, 0) is 42.2 Å². The summed E-state index contributed by atoms with van der Waals surface area (Å²) in [6, 6.07) is 13.2. The molecule has 3 aromatic rings. The highest BCUT2D eigenvalue weighted by atomic mass is 32.2. The van der Waals surface area contributed by atoms with Crippen LogP contribution in [0.5, 0.6) is 10.8 Å². The molecule has 3 N–H and O–H groups in total. The van der Waals surface area contributed by atoms with Crippen LogP contribution in [0.4, 0.5) is 5.13 Å². The van der Waals surface area contributed by atoms with Crippen LogP contribution in [-0.4, -0.2) is 31.5 Å². The fraction of sp³-hybridized carbons (Fsp3) is 0.320. The van der Waals surface area contributed by atoms with Gasteiger partial charge < -0.3 is 15.8 Å². The fourth-order valence-electron chi connectivity index (χ4n) is 4.35. The second-order valence-electron chi connectivity index (χ2n) is 8.72. The quantitative estimate of drug-likeness (QED) is 0.425. The van der Waals surface area contributed by atoms with Crippen molar-refractivity contribution >= 4 is 38.1 Å². The van der Waals surface area contributed by atoms with Gasteiger partial charge in [-0.3, -0.25) is 9.59 Å². The lowest BCUT2D eigenvalue weighted by atomic mass is 9.87. The molecular formula is C25H27N3O5S2. The number of hydrogen-bond donors (Lipinski definition) is 2. The minimum absolute atomic E-state index is 0.206. The van der Waals surface area contributed by atoms with Crippen LogP contribution in [0.15, 0.2) is 59.6 Å². The monoisotopic (exact) mass is 513 g/mol. The van der Waals surface area contributed by atoms with Gasteiger partial charge in [0.2, 0.25) is 11.0 Å². The van der Waals surface area contributed by atoms with Gasteiger partial charge in [0.25, 0.3) is 5.91 Å². The molecule has 184 valence electrons. The summed E-state index contributed by atoms with van der Waals surface area (Å²) in [4.78, 5) is 29.4. The van der Waals surface area contributed by atoms with Gasteiger partial charge in [0.1, 0.15) is 5.75 Å². The van der Waals surface area contributed by atoms with E-state index in [0.29, 0.717) is 28.3 Å². The number of nitrogens with zero attached hydrogens (tertiary/aromatic N) is 1. The molecule has 0 bridgehead atoms. The van der Waals surface area contributed by atoms with E-state index in [0.717, 1.165) is 48.8 Å². The van der Waals surface area contributed by atoms with E-state index in [9.17, 15) is 18.0 Å². The molecule has 0 radical (unpaired) electrons. The molecule has 1 saturated carbocycles. The Morgan fingerprint density at radius 2 is 1.83 bits per heavy atom. The molecule has 0 aliphatic heterocycles. The number of hydrogen-bond acceptors (Lipinski definition) is 7. The van der Waals surface area contributed by atoms with Crippen LogP contribution >= 0.6 is 11.3 Å². The number of amides is 2. The smallest absolute Gasteiger partial charge is 0.252 e. The summed E-state index contributed by atoms with van der Waals surface area (Å²) in [5.41, 5.74) is 6.43. The van der Waals surface area contributed by atoms with E-state index in [4.69, 9.17) is 10.5 Å². The number of para-hydroxylation sites is 1. The van der Waals surface area contributed by atoms with Gasteiger partial charge in [0.15, 0.2) is 15.0 Å². The Morgan fingerprint density at radius 1 is 1.14 bits per heavy atom. The van der Waals surface area contributed by atoms with Crippen LogP contribution in [0.2, 0.25) is 0 Å². The van der Waals surface area contributed by atoms with Gasteiger partial charge in [-0.1, -0.05) is 61.3 Å². The first-order chi connectivity index (χ1) is 16.7. The zero-order valence-electron chi connectivity index (χ0n) is 19.3. The number of primary amides is 1. The van der Waals surface area contributed by atoms with Crippen molar-refractivity contribution in [2.45, 2.75) is 42.9 Å². The van der Waals surface area contributed by atoms with Crippen molar-refractivity contribution in [3.8, 4) is 10.8 Å². The summed E-state index contributed by atoms with van der Waals surface area (Å²) >= 11 is 1.14. The SMILES string of the molecule is CS(=O)(=O)c1ccc([C@@H](CC2CCCC2)C(=O)Nc2ncc(Oc3ccccc3C(N)=O)s2)cc1. The van der Waals surface area contributed by atoms with Gasteiger partial charge in [-0.2, -0.15) is 0 Å². The summed E-state index contributed by atoms with van der Waals surface area (Å²) in [7, 11) is -3.32. The second kappa shape index (κ2) is 10.6. The third-order valence-electron chi connectivity index (χ3n) is 6.15. The lowest BCUT2D eigenvalue weighted by molar-refractivity contribution is -0.118. The van der Waals surface area contributed by atoms with E-state index in [-0.39, 0.29) is 16.4 Å². The first kappa shape index (κ1) is 24.9. The Kier molecular flexibility index (Phi) is 7.51. The summed E-state index contributed by atoms with van der Waals surface area (Å²) in [6.07, 6.45) is 7.81. The number of rotatable bonds is 9. The molecule has 0 spiro atoms. The Morgan fingerprint density at radius 3 is 2.49 bits per heavy atom. The lowest BCUT2D eigenvalue weighted by Crippen LogP contribution is -2.23. The summed E-state index contributed by atoms with van der Waals surface area (Å²) in [6.45, 7) is 0. The maximum atomic E-state index is 13.3. The van der Waals surface area contributed by atoms with E-state index in [1.165, 1.54) is 6.20 Å². The highest BCUT2D eigenvalue weighted by Crippen LogP contribution is 2.36. The molecular weight excluding hydrogens is 486 g/mol. The van der Waals surface area contributed by atoms with E-state index >= 15 is 0 Å². The van der Waals surface area contributed by atoms with Crippen molar-refractivity contribution in [1.82, 2.24) is 4.98 Å². The number of carbonyl (C=O) groups is 2. The maximum Gasteiger partial charge on any atom is 0.252 e. The number of sulfone groups is 1. The Labute approximate surface area is 208 Å². The summed E-state index contributed by atoms with van der Waals surface area (Å²) < 4.78 is 29.4. The van der Waals surface area contributed by atoms with Crippen molar-refractivity contribution < 1.29 is 22.7 Å². The lowest BCUT2D eigenvalue weighted by Gasteiger charge is -2.20. The molecule has 1 fully saturated rings. The Hall–Kier alpha value is -3.24. The molecule has 35 heavy (non-hydrogen) atoms. The molecule has 1 aliphatic rings. The molecule has 0 unspecified atom stereocenters. The number of carbonyl (C=O) groups excluding carboxylic acids is 2. The average molecular weight is 514 g/mol. The second-order valence-corrected chi connectivity index (χ2v) is 11.7. The van der Waals surface area contributed by atoms with Crippen molar-refractivity contribution in [1.29, 1.82) is 0 Å². The van der Waals surface area contributed by atoms with Crippen LogP contribution < -0.4 is 15.8 Å². The van der Waals surface area contributed by atoms with Gasteiger partial charge in [-0.25, -0.2) is 13.4 Å². The highest BCUT2D eigenvalue weighted by Gasteiger charge is 2.28. The van der Waals surface area contributed by atoms with Crippen molar-refractivity contribution in [2.24, 2.45) is 11.7 Å². The van der Waals surface area contributed by atoms with E-state index in [1.807, 2.05) is 0 Å². The summed E-state index contributed by atoms with van der Waals surface area (Å²) in [5.74, 6) is -0.485. The number of thiazole rings is 1. The van der Waals surface area contributed by atoms with Gasteiger partial charge in [-0.15, -0.1) is 0 Å². The van der Waals surface area contributed by atoms with E-state index < -0.39 is 21.7 Å². The van der Waals surface area contributed by atoms with Crippen LogP contribution in [0, 0.1) is 5.92 Å². The molecule has 0 saturated heterocycles. The number of aromatic nitrogens is 1. The van der Waals surface area contributed by atoms with Crippen LogP contribution in [0.3, 0.4) is 0 Å². The van der Waals surface area contributed by atoms with Crippen molar-refractivity contribution in [3.05, 3.63) is 65.9 Å². The molecule has 1 atom stereocenters. The van der Waals surface area contributed by atoms with E-state index in [2.05, 4.69) is 10.3 Å². The molecule has 10 heteroatoms. The number of nitrogens with one attached hydrogen (secondary N) is 1. The Bertz CT molecular complexity index is 1310. The predicted molar refractivity (Wildman–Crippen MR) is 135 cm³/mol. The fourth-order valence-corrected chi connectivity index (χ4v) is 5.66. The van der Waals surface area contributed by atoms with Gasteiger partial charge in [0.05, 0.1) is 22.6 Å². The number of benzene rings is 2. The largest absolute Gasteiger partial charge is 0.444 e. The number of ether oxygens (including phenoxy) is 1. The summed E-state index contributed by atoms with van der Waals surface area (Å²) in [5, 5.41) is 3.65. The molecule has 4 rings (SSSR count). The minimum atomic E-state index is -3.32. The number of nitrogens with two attached hydrogens (primary N) is 1. The molecule has 1 aromatic heterocycles. The Balaban J connectivity index is 1.51. The predicted octanol–water partition coefficient (Wildman–Crippen LogP) is 4.74. The van der Waals surface area contributed by atoms with Crippen molar-refractivity contribution in [3.63, 3.8) is 0 Å². The molecule has 8 nitrogen and oxygen atoms in total. The van der Waals surface area contributed by atoms with Gasteiger partial charge >= 0.3 is 0 Å².